The Hall–Kier alpha value is -2.81. The van der Waals surface area contributed by atoms with E-state index in [0.29, 0.717) is 11.6 Å². The van der Waals surface area contributed by atoms with E-state index in [2.05, 4.69) is 16.1 Å². The topological polar surface area (TPSA) is 91.2 Å². The largest absolute Gasteiger partial charge is 0.484 e. The third kappa shape index (κ3) is 2.65. The molecular formula is C12H9N3O3. The summed E-state index contributed by atoms with van der Waals surface area (Å²) in [6, 6.07) is 6.79. The monoisotopic (exact) mass is 243 g/mol. The molecule has 18 heavy (non-hydrogen) atoms. The molecule has 1 aromatic carbocycles. The summed E-state index contributed by atoms with van der Waals surface area (Å²) in [4.78, 5) is 14.5. The normalized spacial score (nSPS) is 9.72. The van der Waals surface area contributed by atoms with Crippen LogP contribution in [0.15, 0.2) is 28.8 Å². The number of terminal acetylenes is 1. The van der Waals surface area contributed by atoms with Crippen molar-refractivity contribution in [2.45, 2.75) is 0 Å². The third-order valence-corrected chi connectivity index (χ3v) is 2.04. The molecule has 1 amide bonds. The molecule has 0 saturated carbocycles. The molecule has 0 aliphatic carbocycles. The Balaban J connectivity index is 2.12. The number of amides is 1. The lowest BCUT2D eigenvalue weighted by molar-refractivity contribution is -0.119. The minimum atomic E-state index is -0.532. The van der Waals surface area contributed by atoms with Gasteiger partial charge in [-0.05, 0) is 30.2 Å². The summed E-state index contributed by atoms with van der Waals surface area (Å²) in [7, 11) is 0. The zero-order chi connectivity index (χ0) is 13.0. The van der Waals surface area contributed by atoms with E-state index < -0.39 is 5.91 Å². The van der Waals surface area contributed by atoms with Crippen molar-refractivity contribution >= 4 is 5.91 Å². The number of aromatic nitrogens is 2. The summed E-state index contributed by atoms with van der Waals surface area (Å²) >= 11 is 0. The molecular weight excluding hydrogens is 234 g/mol. The van der Waals surface area contributed by atoms with E-state index in [1.807, 2.05) is 0 Å². The van der Waals surface area contributed by atoms with Gasteiger partial charge >= 0.3 is 5.89 Å². The number of benzene rings is 1. The van der Waals surface area contributed by atoms with Crippen LogP contribution in [0.2, 0.25) is 0 Å². The molecule has 1 heterocycles. The van der Waals surface area contributed by atoms with Crippen LogP contribution >= 0.6 is 0 Å². The van der Waals surface area contributed by atoms with E-state index in [1.54, 1.807) is 24.3 Å². The first-order valence-electron chi connectivity index (χ1n) is 5.01. The van der Waals surface area contributed by atoms with Gasteiger partial charge < -0.3 is 15.0 Å². The molecule has 0 saturated heterocycles. The van der Waals surface area contributed by atoms with E-state index in [9.17, 15) is 4.79 Å². The highest BCUT2D eigenvalue weighted by molar-refractivity contribution is 5.75. The predicted octanol–water partition coefficient (Wildman–Crippen LogP) is 0.582. The van der Waals surface area contributed by atoms with Crippen LogP contribution in [0.4, 0.5) is 0 Å². The third-order valence-electron chi connectivity index (χ3n) is 2.04. The molecule has 6 heteroatoms. The van der Waals surface area contributed by atoms with Crippen LogP contribution in [0.1, 0.15) is 5.89 Å². The standard InChI is InChI=1S/C12H9N3O3/c1-2-11-14-12(15-18-11)8-3-5-9(6-4-8)17-7-10(13)16/h1,3-6H,7H2,(H2,13,16). The number of nitrogens with zero attached hydrogens (tertiary/aromatic N) is 2. The molecule has 0 fully saturated rings. The lowest BCUT2D eigenvalue weighted by Gasteiger charge is -2.03. The number of rotatable bonds is 4. The van der Waals surface area contributed by atoms with Gasteiger partial charge in [-0.2, -0.15) is 4.98 Å². The Labute approximate surface area is 103 Å². The summed E-state index contributed by atoms with van der Waals surface area (Å²) in [5.74, 6) is 2.76. The van der Waals surface area contributed by atoms with E-state index in [4.69, 9.17) is 21.4 Å². The van der Waals surface area contributed by atoms with Crippen LogP contribution < -0.4 is 10.5 Å². The Bertz CT molecular complexity index is 596. The average Bonchev–Trinajstić information content (AvgIpc) is 2.85. The van der Waals surface area contributed by atoms with Crippen molar-refractivity contribution in [3.63, 3.8) is 0 Å². The zero-order valence-electron chi connectivity index (χ0n) is 9.29. The summed E-state index contributed by atoms with van der Waals surface area (Å²) < 4.78 is 9.90. The molecule has 0 aliphatic heterocycles. The minimum Gasteiger partial charge on any atom is -0.484 e. The van der Waals surface area contributed by atoms with Crippen LogP contribution in [-0.2, 0) is 4.79 Å². The first-order valence-corrected chi connectivity index (χ1v) is 5.01. The molecule has 6 nitrogen and oxygen atoms in total. The van der Waals surface area contributed by atoms with Gasteiger partial charge in [-0.1, -0.05) is 5.16 Å². The lowest BCUT2D eigenvalue weighted by Crippen LogP contribution is -2.19. The maximum absolute atomic E-state index is 10.5. The van der Waals surface area contributed by atoms with Crippen molar-refractivity contribution in [3.05, 3.63) is 30.2 Å². The fourth-order valence-corrected chi connectivity index (χ4v) is 1.25. The van der Waals surface area contributed by atoms with Crippen molar-refractivity contribution < 1.29 is 14.1 Å². The fraction of sp³-hybridized carbons (Fsp3) is 0.0833. The Kier molecular flexibility index (Phi) is 3.25. The van der Waals surface area contributed by atoms with E-state index >= 15 is 0 Å². The molecule has 0 atom stereocenters. The number of primary amides is 1. The second-order valence-electron chi connectivity index (χ2n) is 3.35. The van der Waals surface area contributed by atoms with Gasteiger partial charge in [-0.15, -0.1) is 6.42 Å². The van der Waals surface area contributed by atoms with Crippen molar-refractivity contribution in [1.82, 2.24) is 10.1 Å². The van der Waals surface area contributed by atoms with Gasteiger partial charge in [0, 0.05) is 5.56 Å². The van der Waals surface area contributed by atoms with Crippen LogP contribution in [0, 0.1) is 12.3 Å². The molecule has 2 N–H and O–H groups in total. The van der Waals surface area contributed by atoms with E-state index in [1.165, 1.54) is 0 Å². The van der Waals surface area contributed by atoms with E-state index in [-0.39, 0.29) is 12.5 Å². The number of hydrogen-bond acceptors (Lipinski definition) is 5. The highest BCUT2D eigenvalue weighted by Gasteiger charge is 2.06. The van der Waals surface area contributed by atoms with Gasteiger partial charge in [0.1, 0.15) is 5.75 Å². The van der Waals surface area contributed by atoms with Gasteiger partial charge in [0.2, 0.25) is 5.82 Å². The summed E-state index contributed by atoms with van der Waals surface area (Å²) in [6.07, 6.45) is 5.12. The zero-order valence-corrected chi connectivity index (χ0v) is 9.29. The molecule has 0 radical (unpaired) electrons. The first kappa shape index (κ1) is 11.7. The maximum Gasteiger partial charge on any atom is 0.302 e. The van der Waals surface area contributed by atoms with E-state index in [0.717, 1.165) is 5.56 Å². The fourth-order valence-electron chi connectivity index (χ4n) is 1.25. The summed E-state index contributed by atoms with van der Waals surface area (Å²) in [5.41, 5.74) is 5.69. The van der Waals surface area contributed by atoms with Crippen LogP contribution in [0.3, 0.4) is 0 Å². The molecule has 0 spiro atoms. The number of carbonyl (C=O) groups is 1. The Morgan fingerprint density at radius 1 is 1.44 bits per heavy atom. The van der Waals surface area contributed by atoms with Crippen LogP contribution in [-0.4, -0.2) is 22.7 Å². The average molecular weight is 243 g/mol. The van der Waals surface area contributed by atoms with Gasteiger partial charge in [0.15, 0.2) is 6.61 Å². The second-order valence-corrected chi connectivity index (χ2v) is 3.35. The number of hydrogen-bond donors (Lipinski definition) is 1. The van der Waals surface area contributed by atoms with Crippen LogP contribution in [0.25, 0.3) is 11.4 Å². The highest BCUT2D eigenvalue weighted by Crippen LogP contribution is 2.19. The molecule has 90 valence electrons. The first-order chi connectivity index (χ1) is 8.69. The molecule has 0 unspecified atom stereocenters. The molecule has 0 bridgehead atoms. The predicted molar refractivity (Wildman–Crippen MR) is 62.4 cm³/mol. The molecule has 0 aliphatic rings. The summed E-state index contributed by atoms with van der Waals surface area (Å²) in [5, 5.41) is 3.72. The van der Waals surface area contributed by atoms with Crippen molar-refractivity contribution in [2.75, 3.05) is 6.61 Å². The van der Waals surface area contributed by atoms with Gasteiger partial charge in [0.05, 0.1) is 0 Å². The number of ether oxygens (including phenoxy) is 1. The van der Waals surface area contributed by atoms with Crippen LogP contribution in [0.5, 0.6) is 5.75 Å². The molecule has 2 aromatic rings. The summed E-state index contributed by atoms with van der Waals surface area (Å²) in [6.45, 7) is -0.164. The smallest absolute Gasteiger partial charge is 0.302 e. The molecule has 2 rings (SSSR count). The maximum atomic E-state index is 10.5. The second kappa shape index (κ2) is 5.01. The SMILES string of the molecule is C#Cc1nc(-c2ccc(OCC(N)=O)cc2)no1. The Morgan fingerprint density at radius 2 is 2.17 bits per heavy atom. The highest BCUT2D eigenvalue weighted by atomic mass is 16.5. The Morgan fingerprint density at radius 3 is 2.72 bits per heavy atom. The molecule has 1 aromatic heterocycles. The minimum absolute atomic E-state index is 0.124. The van der Waals surface area contributed by atoms with Gasteiger partial charge in [-0.3, -0.25) is 4.79 Å². The van der Waals surface area contributed by atoms with Crippen molar-refractivity contribution in [2.24, 2.45) is 5.73 Å². The number of nitrogens with two attached hydrogens (primary N) is 1. The van der Waals surface area contributed by atoms with Crippen molar-refractivity contribution in [1.29, 1.82) is 0 Å². The van der Waals surface area contributed by atoms with Gasteiger partial charge in [-0.25, -0.2) is 0 Å². The quantitative estimate of drug-likeness (QED) is 0.793. The van der Waals surface area contributed by atoms with Crippen molar-refractivity contribution in [3.8, 4) is 29.5 Å². The van der Waals surface area contributed by atoms with Gasteiger partial charge in [0.25, 0.3) is 5.91 Å². The number of carbonyl (C=O) groups excluding carboxylic acids is 1. The lowest BCUT2D eigenvalue weighted by atomic mass is 10.2.